The smallest absolute Gasteiger partial charge is 0.251 e. The number of anilines is 1. The van der Waals surface area contributed by atoms with Gasteiger partial charge in [0.05, 0.1) is 0 Å². The first-order valence-electron chi connectivity index (χ1n) is 8.13. The van der Waals surface area contributed by atoms with Crippen LogP contribution >= 0.6 is 0 Å². The molecule has 0 spiro atoms. The lowest BCUT2D eigenvalue weighted by Gasteiger charge is -2.23. The largest absolute Gasteiger partial charge is 0.385 e. The molecule has 0 aliphatic carbocycles. The van der Waals surface area contributed by atoms with E-state index in [1.165, 1.54) is 31.5 Å². The van der Waals surface area contributed by atoms with Crippen LogP contribution in [0.1, 0.15) is 42.1 Å². The summed E-state index contributed by atoms with van der Waals surface area (Å²) in [5.41, 5.74) is 3.14. The van der Waals surface area contributed by atoms with E-state index in [1.54, 1.807) is 0 Å². The Morgan fingerprint density at radius 3 is 2.95 bits per heavy atom. The number of fused-ring (bicyclic) bond motifs is 1. The van der Waals surface area contributed by atoms with E-state index in [0.29, 0.717) is 0 Å². The van der Waals surface area contributed by atoms with Crippen molar-refractivity contribution in [2.24, 2.45) is 0 Å². The minimum Gasteiger partial charge on any atom is -0.385 e. The topological polar surface area (TPSA) is 44.4 Å². The Hall–Kier alpha value is -1.55. The standard InChI is InChI=1S/C17H25N3O/c1-13(12-20-10-2-3-11-20)19-17(21)15-6-4-8-16-14(15)7-5-9-18-16/h4,6,8,13,18H,2-3,5,7,9-12H2,1H3,(H,19,21). The zero-order chi connectivity index (χ0) is 14.7. The minimum absolute atomic E-state index is 0.0715. The van der Waals surface area contributed by atoms with E-state index in [1.807, 2.05) is 12.1 Å². The van der Waals surface area contributed by atoms with Crippen molar-refractivity contribution >= 4 is 11.6 Å². The SMILES string of the molecule is CC(CN1CCCC1)NC(=O)c1cccc2c1CCCN2. The number of carbonyl (C=O) groups is 1. The predicted molar refractivity (Wildman–Crippen MR) is 85.9 cm³/mol. The maximum Gasteiger partial charge on any atom is 0.251 e. The highest BCUT2D eigenvalue weighted by Crippen LogP contribution is 2.25. The van der Waals surface area contributed by atoms with Crippen molar-refractivity contribution in [1.82, 2.24) is 10.2 Å². The fourth-order valence-corrected chi connectivity index (χ4v) is 3.42. The summed E-state index contributed by atoms with van der Waals surface area (Å²) in [5, 5.41) is 6.55. The average molecular weight is 287 g/mol. The highest BCUT2D eigenvalue weighted by molar-refractivity contribution is 5.97. The number of nitrogens with one attached hydrogen (secondary N) is 2. The van der Waals surface area contributed by atoms with E-state index in [2.05, 4.69) is 28.5 Å². The summed E-state index contributed by atoms with van der Waals surface area (Å²) in [7, 11) is 0. The molecule has 0 aromatic heterocycles. The molecule has 2 aliphatic rings. The van der Waals surface area contributed by atoms with E-state index in [9.17, 15) is 4.79 Å². The molecule has 1 aromatic rings. The van der Waals surface area contributed by atoms with Crippen LogP contribution in [0.5, 0.6) is 0 Å². The molecule has 4 nitrogen and oxygen atoms in total. The van der Waals surface area contributed by atoms with Gasteiger partial charge in [0.1, 0.15) is 0 Å². The van der Waals surface area contributed by atoms with Gasteiger partial charge in [-0.3, -0.25) is 4.79 Å². The van der Waals surface area contributed by atoms with Gasteiger partial charge in [0.25, 0.3) is 5.91 Å². The molecule has 4 heteroatoms. The number of rotatable bonds is 4. The third-order valence-corrected chi connectivity index (χ3v) is 4.45. The molecule has 0 saturated carbocycles. The Kier molecular flexibility index (Phi) is 4.44. The highest BCUT2D eigenvalue weighted by Gasteiger charge is 2.20. The first-order valence-corrected chi connectivity index (χ1v) is 8.13. The van der Waals surface area contributed by atoms with Gasteiger partial charge in [0, 0.05) is 30.4 Å². The van der Waals surface area contributed by atoms with Gasteiger partial charge in [-0.1, -0.05) is 6.07 Å². The van der Waals surface area contributed by atoms with Gasteiger partial charge in [-0.05, 0) is 63.4 Å². The molecule has 1 fully saturated rings. The molecule has 1 amide bonds. The van der Waals surface area contributed by atoms with Crippen molar-refractivity contribution in [1.29, 1.82) is 0 Å². The average Bonchev–Trinajstić information content (AvgIpc) is 2.99. The lowest BCUT2D eigenvalue weighted by atomic mass is 9.97. The molecule has 1 unspecified atom stereocenters. The summed E-state index contributed by atoms with van der Waals surface area (Å²) >= 11 is 0. The fraction of sp³-hybridized carbons (Fsp3) is 0.588. The number of hydrogen-bond acceptors (Lipinski definition) is 3. The molecule has 3 rings (SSSR count). The summed E-state index contributed by atoms with van der Waals surface area (Å²) in [4.78, 5) is 15.0. The molecule has 2 heterocycles. The van der Waals surface area contributed by atoms with Gasteiger partial charge in [-0.15, -0.1) is 0 Å². The summed E-state index contributed by atoms with van der Waals surface area (Å²) in [5.74, 6) is 0.0715. The third kappa shape index (κ3) is 3.38. The number of nitrogens with zero attached hydrogens (tertiary/aromatic N) is 1. The summed E-state index contributed by atoms with van der Waals surface area (Å²) < 4.78 is 0. The molecule has 0 bridgehead atoms. The number of likely N-dealkylation sites (tertiary alicyclic amines) is 1. The molecule has 114 valence electrons. The van der Waals surface area contributed by atoms with Crippen molar-refractivity contribution in [3.63, 3.8) is 0 Å². The van der Waals surface area contributed by atoms with Crippen molar-refractivity contribution in [3.05, 3.63) is 29.3 Å². The van der Waals surface area contributed by atoms with E-state index in [-0.39, 0.29) is 11.9 Å². The Morgan fingerprint density at radius 2 is 2.14 bits per heavy atom. The molecule has 2 N–H and O–H groups in total. The molecular formula is C17H25N3O. The van der Waals surface area contributed by atoms with Crippen LogP contribution in [0.4, 0.5) is 5.69 Å². The molecule has 1 atom stereocenters. The van der Waals surface area contributed by atoms with Crippen molar-refractivity contribution in [2.45, 2.75) is 38.6 Å². The van der Waals surface area contributed by atoms with Gasteiger partial charge in [0.2, 0.25) is 0 Å². The lowest BCUT2D eigenvalue weighted by molar-refractivity contribution is 0.0931. The quantitative estimate of drug-likeness (QED) is 0.893. The summed E-state index contributed by atoms with van der Waals surface area (Å²) in [6.07, 6.45) is 4.67. The molecule has 0 radical (unpaired) electrons. The molecule has 1 saturated heterocycles. The van der Waals surface area contributed by atoms with Crippen LogP contribution < -0.4 is 10.6 Å². The first-order chi connectivity index (χ1) is 10.2. The predicted octanol–water partition coefficient (Wildman–Crippen LogP) is 2.26. The number of hydrogen-bond donors (Lipinski definition) is 2. The van der Waals surface area contributed by atoms with Crippen LogP contribution in [0, 0.1) is 0 Å². The Balaban J connectivity index is 1.64. The van der Waals surface area contributed by atoms with Crippen molar-refractivity contribution < 1.29 is 4.79 Å². The first kappa shape index (κ1) is 14.4. The monoisotopic (exact) mass is 287 g/mol. The van der Waals surface area contributed by atoms with Gasteiger partial charge < -0.3 is 15.5 Å². The second-order valence-corrected chi connectivity index (χ2v) is 6.24. The zero-order valence-electron chi connectivity index (χ0n) is 12.8. The van der Waals surface area contributed by atoms with Crippen LogP contribution in [0.25, 0.3) is 0 Å². The second-order valence-electron chi connectivity index (χ2n) is 6.24. The van der Waals surface area contributed by atoms with Gasteiger partial charge in [0.15, 0.2) is 0 Å². The van der Waals surface area contributed by atoms with Crippen LogP contribution in [-0.2, 0) is 6.42 Å². The van der Waals surface area contributed by atoms with Gasteiger partial charge in [-0.25, -0.2) is 0 Å². The van der Waals surface area contributed by atoms with Gasteiger partial charge in [-0.2, -0.15) is 0 Å². The number of benzene rings is 1. The maximum absolute atomic E-state index is 12.5. The number of carbonyl (C=O) groups excluding carboxylic acids is 1. The second kappa shape index (κ2) is 6.48. The molecule has 2 aliphatic heterocycles. The molecule has 1 aromatic carbocycles. The van der Waals surface area contributed by atoms with E-state index in [0.717, 1.165) is 37.2 Å². The Labute approximate surface area is 126 Å². The van der Waals surface area contributed by atoms with Gasteiger partial charge >= 0.3 is 0 Å². The van der Waals surface area contributed by atoms with E-state index >= 15 is 0 Å². The van der Waals surface area contributed by atoms with Crippen LogP contribution in [0.3, 0.4) is 0 Å². The Bertz CT molecular complexity index is 509. The van der Waals surface area contributed by atoms with Crippen LogP contribution in [0.15, 0.2) is 18.2 Å². The maximum atomic E-state index is 12.5. The highest BCUT2D eigenvalue weighted by atomic mass is 16.1. The van der Waals surface area contributed by atoms with Crippen molar-refractivity contribution in [2.75, 3.05) is 31.5 Å². The summed E-state index contributed by atoms with van der Waals surface area (Å²) in [6.45, 7) is 6.40. The molecular weight excluding hydrogens is 262 g/mol. The fourth-order valence-electron chi connectivity index (χ4n) is 3.42. The summed E-state index contributed by atoms with van der Waals surface area (Å²) in [6, 6.07) is 6.18. The minimum atomic E-state index is 0.0715. The zero-order valence-corrected chi connectivity index (χ0v) is 12.8. The van der Waals surface area contributed by atoms with E-state index in [4.69, 9.17) is 0 Å². The third-order valence-electron chi connectivity index (χ3n) is 4.45. The van der Waals surface area contributed by atoms with Crippen LogP contribution in [-0.4, -0.2) is 43.0 Å². The molecule has 21 heavy (non-hydrogen) atoms. The van der Waals surface area contributed by atoms with E-state index < -0.39 is 0 Å². The normalized spacial score (nSPS) is 19.7. The Morgan fingerprint density at radius 1 is 1.33 bits per heavy atom. The van der Waals surface area contributed by atoms with Crippen LogP contribution in [0.2, 0.25) is 0 Å². The number of amides is 1. The lowest BCUT2D eigenvalue weighted by Crippen LogP contribution is -2.41. The van der Waals surface area contributed by atoms with Crippen molar-refractivity contribution in [3.8, 4) is 0 Å².